The van der Waals surface area contributed by atoms with Crippen molar-refractivity contribution in [1.29, 1.82) is 0 Å². The van der Waals surface area contributed by atoms with Crippen LogP contribution in [0.3, 0.4) is 0 Å². The van der Waals surface area contributed by atoms with E-state index in [0.717, 1.165) is 38.5 Å². The van der Waals surface area contributed by atoms with Crippen LogP contribution in [0, 0.1) is 0 Å². The molecule has 1 aromatic carbocycles. The van der Waals surface area contributed by atoms with E-state index in [4.69, 9.17) is 4.74 Å². The number of nitrogens with one attached hydrogen (secondary N) is 1. The van der Waals surface area contributed by atoms with Gasteiger partial charge in [0, 0.05) is 43.4 Å². The molecule has 4 nitrogen and oxygen atoms in total. The van der Waals surface area contributed by atoms with Gasteiger partial charge in [0.25, 0.3) is 0 Å². The molecule has 0 atom stereocenters. The third-order valence-electron chi connectivity index (χ3n) is 3.46. The number of rotatable bonds is 4. The molecule has 0 radical (unpaired) electrons. The Morgan fingerprint density at radius 3 is 2.70 bits per heavy atom. The molecule has 4 heteroatoms. The summed E-state index contributed by atoms with van der Waals surface area (Å²) in [6.07, 6.45) is 3.60. The van der Waals surface area contributed by atoms with E-state index in [0.29, 0.717) is 0 Å². The van der Waals surface area contributed by atoms with Crippen molar-refractivity contribution in [3.05, 3.63) is 54.4 Å². The van der Waals surface area contributed by atoms with Crippen LogP contribution >= 0.6 is 0 Å². The van der Waals surface area contributed by atoms with Gasteiger partial charge in [-0.25, -0.2) is 0 Å². The Bertz CT molecular complexity index is 538. The Morgan fingerprint density at radius 2 is 1.90 bits per heavy atom. The fourth-order valence-corrected chi connectivity index (χ4v) is 2.36. The van der Waals surface area contributed by atoms with Crippen LogP contribution in [-0.4, -0.2) is 31.3 Å². The molecule has 1 fully saturated rings. The highest BCUT2D eigenvalue weighted by Crippen LogP contribution is 2.18. The van der Waals surface area contributed by atoms with E-state index >= 15 is 0 Å². The van der Waals surface area contributed by atoms with Gasteiger partial charge >= 0.3 is 0 Å². The maximum absolute atomic E-state index is 5.40. The predicted octanol–water partition coefficient (Wildman–Crippen LogP) is 2.53. The van der Waals surface area contributed by atoms with Gasteiger partial charge in [-0.05, 0) is 29.8 Å². The zero-order valence-electron chi connectivity index (χ0n) is 11.5. The first-order valence-electron chi connectivity index (χ1n) is 6.97. The number of hydrogen-bond donors (Lipinski definition) is 1. The lowest BCUT2D eigenvalue weighted by molar-refractivity contribution is 0.122. The molecule has 3 rings (SSSR count). The number of hydrogen-bond acceptors (Lipinski definition) is 4. The van der Waals surface area contributed by atoms with Gasteiger partial charge in [0.1, 0.15) is 0 Å². The molecule has 0 unspecified atom stereocenters. The molecule has 1 aliphatic rings. The smallest absolute Gasteiger partial charge is 0.0642 e. The van der Waals surface area contributed by atoms with Gasteiger partial charge in [-0.1, -0.05) is 12.1 Å². The Labute approximate surface area is 119 Å². The molecule has 0 amide bonds. The second-order valence-corrected chi connectivity index (χ2v) is 4.86. The summed E-state index contributed by atoms with van der Waals surface area (Å²) in [4.78, 5) is 6.39. The maximum atomic E-state index is 5.40. The van der Waals surface area contributed by atoms with E-state index in [2.05, 4.69) is 39.5 Å². The standard InChI is InChI=1S/C16H19N3O/c1-2-14(13-18-15-4-6-17-7-5-15)12-16(3-1)19-8-10-20-11-9-19/h1-7,12H,8-11,13H2,(H,17,18). The normalized spacial score (nSPS) is 15.1. The Balaban J connectivity index is 1.65. The lowest BCUT2D eigenvalue weighted by atomic mass is 10.1. The topological polar surface area (TPSA) is 37.4 Å². The van der Waals surface area contributed by atoms with E-state index < -0.39 is 0 Å². The predicted molar refractivity (Wildman–Crippen MR) is 81.0 cm³/mol. The molecule has 0 saturated carbocycles. The van der Waals surface area contributed by atoms with Crippen LogP contribution in [0.5, 0.6) is 0 Å². The number of morpholine rings is 1. The second kappa shape index (κ2) is 6.39. The van der Waals surface area contributed by atoms with Crippen LogP contribution in [0.2, 0.25) is 0 Å². The Morgan fingerprint density at radius 1 is 1.10 bits per heavy atom. The van der Waals surface area contributed by atoms with E-state index in [9.17, 15) is 0 Å². The first-order chi connectivity index (χ1) is 9.92. The van der Waals surface area contributed by atoms with E-state index in [1.165, 1.54) is 11.3 Å². The molecule has 1 aromatic heterocycles. The number of nitrogens with zero attached hydrogens (tertiary/aromatic N) is 2. The molecule has 1 aliphatic heterocycles. The monoisotopic (exact) mass is 269 g/mol. The van der Waals surface area contributed by atoms with E-state index in [-0.39, 0.29) is 0 Å². The summed E-state index contributed by atoms with van der Waals surface area (Å²) >= 11 is 0. The highest BCUT2D eigenvalue weighted by molar-refractivity contribution is 5.50. The Hall–Kier alpha value is -2.07. The van der Waals surface area contributed by atoms with Crippen molar-refractivity contribution in [1.82, 2.24) is 4.98 Å². The van der Waals surface area contributed by atoms with Gasteiger partial charge in [0.05, 0.1) is 13.2 Å². The number of pyridine rings is 1. The van der Waals surface area contributed by atoms with Crippen molar-refractivity contribution in [2.24, 2.45) is 0 Å². The summed E-state index contributed by atoms with van der Waals surface area (Å²) in [6, 6.07) is 12.6. The van der Waals surface area contributed by atoms with Crippen molar-refractivity contribution < 1.29 is 4.74 Å². The molecule has 0 spiro atoms. The quantitative estimate of drug-likeness (QED) is 0.925. The molecule has 20 heavy (non-hydrogen) atoms. The van der Waals surface area contributed by atoms with E-state index in [1.54, 1.807) is 12.4 Å². The summed E-state index contributed by atoms with van der Waals surface area (Å²) in [7, 11) is 0. The summed E-state index contributed by atoms with van der Waals surface area (Å²) < 4.78 is 5.40. The van der Waals surface area contributed by atoms with Crippen LogP contribution in [0.4, 0.5) is 11.4 Å². The van der Waals surface area contributed by atoms with Gasteiger partial charge in [-0.2, -0.15) is 0 Å². The number of ether oxygens (including phenoxy) is 1. The third kappa shape index (κ3) is 3.27. The fraction of sp³-hybridized carbons (Fsp3) is 0.312. The zero-order chi connectivity index (χ0) is 13.6. The first-order valence-corrected chi connectivity index (χ1v) is 6.97. The highest BCUT2D eigenvalue weighted by atomic mass is 16.5. The fourth-order valence-electron chi connectivity index (χ4n) is 2.36. The lowest BCUT2D eigenvalue weighted by Gasteiger charge is -2.29. The van der Waals surface area contributed by atoms with Gasteiger partial charge < -0.3 is 15.0 Å². The van der Waals surface area contributed by atoms with Gasteiger partial charge in [0.2, 0.25) is 0 Å². The lowest BCUT2D eigenvalue weighted by Crippen LogP contribution is -2.36. The molecule has 2 heterocycles. The van der Waals surface area contributed by atoms with Gasteiger partial charge in [-0.3, -0.25) is 4.98 Å². The molecule has 104 valence electrons. The average Bonchev–Trinajstić information content (AvgIpc) is 2.55. The van der Waals surface area contributed by atoms with Crippen LogP contribution in [-0.2, 0) is 11.3 Å². The average molecular weight is 269 g/mol. The van der Waals surface area contributed by atoms with Crippen LogP contribution in [0.15, 0.2) is 48.8 Å². The molecule has 1 saturated heterocycles. The minimum absolute atomic E-state index is 0.819. The van der Waals surface area contributed by atoms with Gasteiger partial charge in [-0.15, -0.1) is 0 Å². The van der Waals surface area contributed by atoms with Crippen molar-refractivity contribution in [3.8, 4) is 0 Å². The first kappa shape index (κ1) is 12.9. The maximum Gasteiger partial charge on any atom is 0.0642 e. The second-order valence-electron chi connectivity index (χ2n) is 4.86. The minimum Gasteiger partial charge on any atom is -0.381 e. The van der Waals surface area contributed by atoms with E-state index in [1.807, 2.05) is 12.1 Å². The molecule has 0 aliphatic carbocycles. The van der Waals surface area contributed by atoms with Gasteiger partial charge in [0.15, 0.2) is 0 Å². The van der Waals surface area contributed by atoms with Crippen LogP contribution in [0.25, 0.3) is 0 Å². The molecular weight excluding hydrogens is 250 g/mol. The van der Waals surface area contributed by atoms with Crippen molar-refractivity contribution in [3.63, 3.8) is 0 Å². The molecule has 0 bridgehead atoms. The number of anilines is 2. The minimum atomic E-state index is 0.819. The number of benzene rings is 1. The van der Waals surface area contributed by atoms with Crippen LogP contribution < -0.4 is 10.2 Å². The van der Waals surface area contributed by atoms with Crippen molar-refractivity contribution in [2.75, 3.05) is 36.5 Å². The van der Waals surface area contributed by atoms with Crippen LogP contribution in [0.1, 0.15) is 5.56 Å². The summed E-state index contributed by atoms with van der Waals surface area (Å²) in [5, 5.41) is 3.41. The molecule has 1 N–H and O–H groups in total. The number of aromatic nitrogens is 1. The summed E-state index contributed by atoms with van der Waals surface area (Å²) in [5.41, 5.74) is 3.66. The molecule has 2 aromatic rings. The zero-order valence-corrected chi connectivity index (χ0v) is 11.5. The molecular formula is C16H19N3O. The highest BCUT2D eigenvalue weighted by Gasteiger charge is 2.11. The third-order valence-corrected chi connectivity index (χ3v) is 3.46. The van der Waals surface area contributed by atoms with Crippen molar-refractivity contribution >= 4 is 11.4 Å². The Kier molecular flexibility index (Phi) is 4.13. The summed E-state index contributed by atoms with van der Waals surface area (Å²) in [6.45, 7) is 4.41. The summed E-state index contributed by atoms with van der Waals surface area (Å²) in [5.74, 6) is 0. The largest absolute Gasteiger partial charge is 0.381 e. The van der Waals surface area contributed by atoms with Crippen molar-refractivity contribution in [2.45, 2.75) is 6.54 Å². The SMILES string of the molecule is c1cc(CNc2ccncc2)cc(N2CCOCC2)c1.